The molecule has 1 aromatic heterocycles. The molecule has 1 saturated heterocycles. The van der Waals surface area contributed by atoms with Crippen molar-refractivity contribution < 1.29 is 36.8 Å². The number of morpholine rings is 1. The minimum Gasteiger partial charge on any atom is -0.497 e. The van der Waals surface area contributed by atoms with Gasteiger partial charge in [-0.3, -0.25) is 9.59 Å². The van der Waals surface area contributed by atoms with Crippen molar-refractivity contribution in [1.29, 1.82) is 0 Å². The third-order valence-corrected chi connectivity index (χ3v) is 5.38. The molecule has 0 unspecified atom stereocenters. The van der Waals surface area contributed by atoms with Gasteiger partial charge in [-0.1, -0.05) is 23.4 Å². The quantitative estimate of drug-likeness (QED) is 0.566. The average Bonchev–Trinajstić information content (AvgIpc) is 3.38. The maximum Gasteiger partial charge on any atom is 0.471 e. The summed E-state index contributed by atoms with van der Waals surface area (Å²) in [5, 5.41) is 6.09. The minimum atomic E-state index is -4.74. The molecular formula is C23H21F3N4O5. The van der Waals surface area contributed by atoms with Crippen LogP contribution in [0, 0.1) is 0 Å². The van der Waals surface area contributed by atoms with Gasteiger partial charge < -0.3 is 24.2 Å². The number of hydrogen-bond donors (Lipinski definition) is 1. The van der Waals surface area contributed by atoms with Crippen LogP contribution in [0.25, 0.3) is 11.4 Å². The maximum absolute atomic E-state index is 13.0. The molecule has 0 radical (unpaired) electrons. The van der Waals surface area contributed by atoms with Crippen molar-refractivity contribution in [1.82, 2.24) is 20.4 Å². The summed E-state index contributed by atoms with van der Waals surface area (Å²) in [4.78, 5) is 30.6. The molecule has 1 aliphatic rings. The van der Waals surface area contributed by atoms with Crippen molar-refractivity contribution in [3.05, 3.63) is 65.5 Å². The highest BCUT2D eigenvalue weighted by Crippen LogP contribution is 2.29. The van der Waals surface area contributed by atoms with E-state index in [4.69, 9.17) is 9.47 Å². The van der Waals surface area contributed by atoms with Crippen LogP contribution < -0.4 is 10.1 Å². The lowest BCUT2D eigenvalue weighted by atomic mass is 10.1. The molecule has 0 saturated carbocycles. The zero-order valence-corrected chi connectivity index (χ0v) is 18.5. The van der Waals surface area contributed by atoms with Gasteiger partial charge in [-0.2, -0.15) is 18.2 Å². The van der Waals surface area contributed by atoms with Crippen LogP contribution in [0.5, 0.6) is 5.75 Å². The van der Waals surface area contributed by atoms with E-state index in [-0.39, 0.29) is 42.1 Å². The molecule has 4 rings (SSSR count). The first-order valence-electron chi connectivity index (χ1n) is 10.6. The fraction of sp³-hybridized carbons (Fsp3) is 0.304. The van der Waals surface area contributed by atoms with Crippen LogP contribution in [-0.4, -0.2) is 66.3 Å². The zero-order chi connectivity index (χ0) is 25.0. The number of methoxy groups -OCH3 is 1. The van der Waals surface area contributed by atoms with E-state index in [2.05, 4.69) is 20.0 Å². The second kappa shape index (κ2) is 10.1. The van der Waals surface area contributed by atoms with Crippen molar-refractivity contribution in [2.45, 2.75) is 12.2 Å². The van der Waals surface area contributed by atoms with Gasteiger partial charge in [0.05, 0.1) is 26.4 Å². The largest absolute Gasteiger partial charge is 0.497 e. The van der Waals surface area contributed by atoms with Gasteiger partial charge >= 0.3 is 12.1 Å². The van der Waals surface area contributed by atoms with E-state index in [9.17, 15) is 22.8 Å². The molecule has 12 heteroatoms. The molecule has 35 heavy (non-hydrogen) atoms. The molecule has 1 atom stereocenters. The summed E-state index contributed by atoms with van der Waals surface area (Å²) in [6.07, 6.45) is -4.74. The maximum atomic E-state index is 13.0. The molecule has 3 aromatic rings. The monoisotopic (exact) mass is 490 g/mol. The molecule has 0 aliphatic carbocycles. The third kappa shape index (κ3) is 5.60. The Kier molecular flexibility index (Phi) is 7.01. The molecule has 9 nitrogen and oxygen atoms in total. The van der Waals surface area contributed by atoms with Gasteiger partial charge in [0.1, 0.15) is 5.75 Å². The lowest BCUT2D eigenvalue weighted by Gasteiger charge is -2.35. The van der Waals surface area contributed by atoms with E-state index in [0.29, 0.717) is 24.5 Å². The average molecular weight is 490 g/mol. The predicted octanol–water partition coefficient (Wildman–Crippen LogP) is 3.04. The van der Waals surface area contributed by atoms with Crippen LogP contribution in [0.4, 0.5) is 13.2 Å². The van der Waals surface area contributed by atoms with Crippen LogP contribution in [0.2, 0.25) is 0 Å². The molecule has 1 N–H and O–H groups in total. The van der Waals surface area contributed by atoms with Crippen LogP contribution in [0.1, 0.15) is 26.6 Å². The van der Waals surface area contributed by atoms with E-state index < -0.39 is 18.0 Å². The number of aromatic nitrogens is 2. The van der Waals surface area contributed by atoms with Crippen LogP contribution in [-0.2, 0) is 10.9 Å². The Morgan fingerprint density at radius 1 is 1.17 bits per heavy atom. The van der Waals surface area contributed by atoms with Gasteiger partial charge in [0.25, 0.3) is 11.8 Å². The van der Waals surface area contributed by atoms with Gasteiger partial charge in [0.2, 0.25) is 5.82 Å². The SMILES string of the molecule is COc1cccc(C(=O)N2CCOC[C@H]2CNC(=O)c2ccc(-c3noc(C(F)(F)F)n3)cc2)c1. The fourth-order valence-electron chi connectivity index (χ4n) is 3.55. The number of amides is 2. The van der Waals surface area contributed by atoms with E-state index in [1.165, 1.54) is 31.4 Å². The van der Waals surface area contributed by atoms with Crippen LogP contribution >= 0.6 is 0 Å². The Morgan fingerprint density at radius 2 is 1.94 bits per heavy atom. The molecule has 2 amide bonds. The Labute approximate surface area is 197 Å². The van der Waals surface area contributed by atoms with Gasteiger partial charge in [-0.25, -0.2) is 0 Å². The Hall–Kier alpha value is -3.93. The Balaban J connectivity index is 1.39. The van der Waals surface area contributed by atoms with Gasteiger partial charge in [0, 0.05) is 29.8 Å². The van der Waals surface area contributed by atoms with E-state index >= 15 is 0 Å². The highest BCUT2D eigenvalue weighted by atomic mass is 19.4. The molecular weight excluding hydrogens is 469 g/mol. The summed E-state index contributed by atoms with van der Waals surface area (Å²) in [5.74, 6) is -1.74. The second-order valence-corrected chi connectivity index (χ2v) is 7.67. The second-order valence-electron chi connectivity index (χ2n) is 7.67. The van der Waals surface area contributed by atoms with E-state index in [0.717, 1.165) is 0 Å². The number of halogens is 3. The van der Waals surface area contributed by atoms with Gasteiger partial charge in [-0.05, 0) is 30.3 Å². The Bertz CT molecular complexity index is 1200. The zero-order valence-electron chi connectivity index (χ0n) is 18.5. The smallest absolute Gasteiger partial charge is 0.471 e. The predicted molar refractivity (Wildman–Crippen MR) is 116 cm³/mol. The molecule has 1 fully saturated rings. The first-order valence-corrected chi connectivity index (χ1v) is 10.6. The number of carbonyl (C=O) groups is 2. The summed E-state index contributed by atoms with van der Waals surface area (Å²) in [5.41, 5.74) is 1.00. The minimum absolute atomic E-state index is 0.149. The number of benzene rings is 2. The number of rotatable bonds is 6. The highest BCUT2D eigenvalue weighted by molar-refractivity contribution is 5.96. The normalized spacial score (nSPS) is 16.1. The number of nitrogens with one attached hydrogen (secondary N) is 1. The lowest BCUT2D eigenvalue weighted by molar-refractivity contribution is -0.159. The lowest BCUT2D eigenvalue weighted by Crippen LogP contribution is -2.53. The summed E-state index contributed by atoms with van der Waals surface area (Å²) in [6, 6.07) is 12.1. The number of nitrogens with zero attached hydrogens (tertiary/aromatic N) is 3. The van der Waals surface area contributed by atoms with Gasteiger partial charge in [-0.15, -0.1) is 0 Å². The first kappa shape index (κ1) is 24.2. The van der Waals surface area contributed by atoms with Crippen molar-refractivity contribution >= 4 is 11.8 Å². The van der Waals surface area contributed by atoms with E-state index in [1.54, 1.807) is 29.2 Å². The fourth-order valence-corrected chi connectivity index (χ4v) is 3.55. The summed E-state index contributed by atoms with van der Waals surface area (Å²) in [6.45, 7) is 1.16. The van der Waals surface area contributed by atoms with Crippen molar-refractivity contribution in [3.8, 4) is 17.1 Å². The van der Waals surface area contributed by atoms with Crippen LogP contribution in [0.3, 0.4) is 0 Å². The summed E-state index contributed by atoms with van der Waals surface area (Å²) >= 11 is 0. The van der Waals surface area contributed by atoms with Crippen molar-refractivity contribution in [3.63, 3.8) is 0 Å². The number of ether oxygens (including phenoxy) is 2. The summed E-state index contributed by atoms with van der Waals surface area (Å²) < 4.78 is 52.8. The highest BCUT2D eigenvalue weighted by Gasteiger charge is 2.38. The standard InChI is InChI=1S/C23H21F3N4O5/c1-33-18-4-2-3-16(11-18)21(32)30-9-10-34-13-17(30)12-27-20(31)15-7-5-14(6-8-15)19-28-22(35-29-19)23(24,25)26/h2-8,11,17H,9-10,12-13H2,1H3,(H,27,31)/t17-/m1/s1. The van der Waals surface area contributed by atoms with Crippen LogP contribution in [0.15, 0.2) is 53.1 Å². The molecule has 0 spiro atoms. The number of hydrogen-bond acceptors (Lipinski definition) is 7. The summed E-state index contributed by atoms with van der Waals surface area (Å²) in [7, 11) is 1.52. The van der Waals surface area contributed by atoms with Gasteiger partial charge in [0.15, 0.2) is 0 Å². The molecule has 0 bridgehead atoms. The molecule has 1 aliphatic heterocycles. The number of alkyl halides is 3. The Morgan fingerprint density at radius 3 is 2.63 bits per heavy atom. The first-order chi connectivity index (χ1) is 16.8. The molecule has 2 heterocycles. The van der Waals surface area contributed by atoms with Crippen molar-refractivity contribution in [2.24, 2.45) is 0 Å². The topological polar surface area (TPSA) is 107 Å². The molecule has 2 aromatic carbocycles. The number of carbonyl (C=O) groups excluding carboxylic acids is 2. The molecule has 184 valence electrons. The van der Waals surface area contributed by atoms with E-state index in [1.807, 2.05) is 0 Å². The third-order valence-electron chi connectivity index (χ3n) is 5.38. The van der Waals surface area contributed by atoms with Crippen molar-refractivity contribution in [2.75, 3.05) is 33.4 Å².